The molecular weight excluding hydrogens is 360 g/mol. The summed E-state index contributed by atoms with van der Waals surface area (Å²) in [5.74, 6) is 0.408. The minimum absolute atomic E-state index is 0.408. The molecule has 0 aliphatic rings. The second-order valence-electron chi connectivity index (χ2n) is 6.07. The maximum absolute atomic E-state index is 6.16. The van der Waals surface area contributed by atoms with Gasteiger partial charge in [0.2, 0.25) is 5.95 Å². The van der Waals surface area contributed by atoms with Crippen molar-refractivity contribution in [2.45, 2.75) is 6.92 Å². The van der Waals surface area contributed by atoms with Gasteiger partial charge in [0.25, 0.3) is 0 Å². The number of aromatic nitrogens is 4. The maximum atomic E-state index is 6.16. The molecule has 134 valence electrons. The number of halogens is 1. The van der Waals surface area contributed by atoms with Crippen LogP contribution in [0.5, 0.6) is 0 Å². The predicted octanol–water partition coefficient (Wildman–Crippen LogP) is 4.52. The van der Waals surface area contributed by atoms with Crippen molar-refractivity contribution in [3.8, 4) is 11.3 Å². The van der Waals surface area contributed by atoms with Gasteiger partial charge in [0.05, 0.1) is 22.6 Å². The second kappa shape index (κ2) is 7.17. The molecule has 27 heavy (non-hydrogen) atoms. The highest BCUT2D eigenvalue weighted by atomic mass is 35.5. The smallest absolute Gasteiger partial charge is 0.244 e. The lowest BCUT2D eigenvalue weighted by molar-refractivity contribution is 0.759. The van der Waals surface area contributed by atoms with Crippen molar-refractivity contribution in [3.63, 3.8) is 0 Å². The van der Waals surface area contributed by atoms with E-state index in [1.54, 1.807) is 10.9 Å². The van der Waals surface area contributed by atoms with Crippen LogP contribution in [0.3, 0.4) is 0 Å². The van der Waals surface area contributed by atoms with Gasteiger partial charge in [-0.1, -0.05) is 41.9 Å². The molecule has 4 aromatic rings. The van der Waals surface area contributed by atoms with Gasteiger partial charge in [-0.25, -0.2) is 15.4 Å². The van der Waals surface area contributed by atoms with Crippen molar-refractivity contribution >= 4 is 34.2 Å². The average molecular weight is 377 g/mol. The maximum Gasteiger partial charge on any atom is 0.244 e. The van der Waals surface area contributed by atoms with Gasteiger partial charge in [0, 0.05) is 29.2 Å². The third kappa shape index (κ3) is 3.52. The molecule has 0 bridgehead atoms. The Morgan fingerprint density at radius 3 is 2.63 bits per heavy atom. The van der Waals surface area contributed by atoms with Crippen molar-refractivity contribution in [2.24, 2.45) is 12.1 Å². The van der Waals surface area contributed by atoms with Gasteiger partial charge in [-0.15, -0.1) is 0 Å². The summed E-state index contributed by atoms with van der Waals surface area (Å²) in [7, 11) is 1.87. The summed E-state index contributed by atoms with van der Waals surface area (Å²) in [6, 6.07) is 17.5. The first-order valence-corrected chi connectivity index (χ1v) is 8.81. The van der Waals surface area contributed by atoms with E-state index in [0.29, 0.717) is 11.0 Å². The lowest BCUT2D eigenvalue weighted by atomic mass is 10.1. The molecule has 0 radical (unpaired) electrons. The highest BCUT2D eigenvalue weighted by Gasteiger charge is 2.10. The van der Waals surface area contributed by atoms with Gasteiger partial charge in [0.1, 0.15) is 0 Å². The zero-order valence-electron chi connectivity index (χ0n) is 14.9. The molecule has 0 aliphatic carbocycles. The molecule has 2 aromatic carbocycles. The number of anilines is 1. The van der Waals surface area contributed by atoms with E-state index in [1.807, 2.05) is 68.6 Å². The molecule has 4 rings (SSSR count). The van der Waals surface area contributed by atoms with Crippen molar-refractivity contribution < 1.29 is 0 Å². The van der Waals surface area contributed by atoms with Crippen molar-refractivity contribution in [1.29, 1.82) is 0 Å². The summed E-state index contributed by atoms with van der Waals surface area (Å²) in [6.45, 7) is 1.90. The first kappa shape index (κ1) is 17.2. The number of nitrogens with zero attached hydrogens (tertiary/aromatic N) is 5. The van der Waals surface area contributed by atoms with Crippen LogP contribution in [0.2, 0.25) is 5.02 Å². The number of rotatable bonds is 4. The van der Waals surface area contributed by atoms with E-state index in [-0.39, 0.29) is 0 Å². The zero-order valence-corrected chi connectivity index (χ0v) is 15.6. The Morgan fingerprint density at radius 1 is 1.07 bits per heavy atom. The summed E-state index contributed by atoms with van der Waals surface area (Å²) >= 11 is 6.16. The Bertz CT molecular complexity index is 1130. The van der Waals surface area contributed by atoms with Crippen LogP contribution in [0.15, 0.2) is 65.9 Å². The van der Waals surface area contributed by atoms with E-state index in [9.17, 15) is 0 Å². The van der Waals surface area contributed by atoms with Crippen LogP contribution < -0.4 is 5.43 Å². The Hall–Kier alpha value is -3.25. The number of nitrogens with one attached hydrogen (secondary N) is 1. The van der Waals surface area contributed by atoms with Crippen molar-refractivity contribution in [2.75, 3.05) is 5.43 Å². The Kier molecular flexibility index (Phi) is 4.56. The molecule has 0 spiro atoms. The van der Waals surface area contributed by atoms with Crippen LogP contribution in [0, 0.1) is 0 Å². The number of aryl methyl sites for hydroxylation is 1. The zero-order chi connectivity index (χ0) is 18.8. The van der Waals surface area contributed by atoms with E-state index < -0.39 is 0 Å². The van der Waals surface area contributed by atoms with Gasteiger partial charge in [-0.3, -0.25) is 4.68 Å². The predicted molar refractivity (Wildman–Crippen MR) is 109 cm³/mol. The Labute approximate surface area is 161 Å². The van der Waals surface area contributed by atoms with E-state index in [1.165, 1.54) is 0 Å². The summed E-state index contributed by atoms with van der Waals surface area (Å²) in [5, 5.41) is 10.1. The molecule has 0 saturated heterocycles. The van der Waals surface area contributed by atoms with Gasteiger partial charge < -0.3 is 0 Å². The summed E-state index contributed by atoms with van der Waals surface area (Å²) in [6.07, 6.45) is 1.73. The number of fused-ring (bicyclic) bond motifs is 1. The fraction of sp³-hybridized carbons (Fsp3) is 0.100. The summed E-state index contributed by atoms with van der Waals surface area (Å²) in [5.41, 5.74) is 7.24. The number of benzene rings is 2. The van der Waals surface area contributed by atoms with Crippen molar-refractivity contribution in [3.05, 3.63) is 71.5 Å². The van der Waals surface area contributed by atoms with Crippen molar-refractivity contribution in [1.82, 2.24) is 19.7 Å². The molecule has 0 amide bonds. The molecule has 2 heterocycles. The van der Waals surface area contributed by atoms with Gasteiger partial charge in [-0.05, 0) is 31.2 Å². The molecule has 6 nitrogen and oxygen atoms in total. The van der Waals surface area contributed by atoms with Crippen LogP contribution in [-0.2, 0) is 7.05 Å². The molecule has 1 N–H and O–H groups in total. The molecule has 0 saturated carbocycles. The normalized spacial score (nSPS) is 11.7. The topological polar surface area (TPSA) is 68.0 Å². The van der Waals surface area contributed by atoms with E-state index >= 15 is 0 Å². The van der Waals surface area contributed by atoms with Crippen LogP contribution in [0.25, 0.3) is 22.2 Å². The Morgan fingerprint density at radius 2 is 1.89 bits per heavy atom. The van der Waals surface area contributed by atoms with Crippen LogP contribution in [0.4, 0.5) is 5.95 Å². The van der Waals surface area contributed by atoms with Gasteiger partial charge in [0.15, 0.2) is 0 Å². The largest absolute Gasteiger partial charge is 0.267 e. The molecule has 7 heteroatoms. The molecule has 0 unspecified atom stereocenters. The molecular formula is C20H17ClN6. The van der Waals surface area contributed by atoms with Crippen LogP contribution in [-0.4, -0.2) is 25.5 Å². The monoisotopic (exact) mass is 376 g/mol. The van der Waals surface area contributed by atoms with Gasteiger partial charge >= 0.3 is 0 Å². The number of hydrazone groups is 1. The quantitative estimate of drug-likeness (QED) is 0.420. The average Bonchev–Trinajstić information content (AvgIpc) is 3.12. The SMILES string of the molecule is C/C(=N\Nc1nc(-c2ccccc2)c2ccc(Cl)cc2n1)c1ccnn1C. The lowest BCUT2D eigenvalue weighted by Gasteiger charge is -2.09. The summed E-state index contributed by atoms with van der Waals surface area (Å²) in [4.78, 5) is 9.24. The van der Waals surface area contributed by atoms with Gasteiger partial charge in [-0.2, -0.15) is 10.2 Å². The fourth-order valence-corrected chi connectivity index (χ4v) is 3.06. The lowest BCUT2D eigenvalue weighted by Crippen LogP contribution is -2.07. The standard InChI is InChI=1S/C20H17ClN6/c1-13(18-10-11-22-27(18)2)25-26-20-23-17-12-15(21)8-9-16(17)19(24-20)14-6-4-3-5-7-14/h3-12H,1-2H3,(H,23,24,26)/b25-13+. The minimum atomic E-state index is 0.408. The Balaban J connectivity index is 1.78. The molecule has 0 atom stereocenters. The minimum Gasteiger partial charge on any atom is -0.267 e. The number of hydrogen-bond acceptors (Lipinski definition) is 5. The first-order valence-electron chi connectivity index (χ1n) is 8.43. The summed E-state index contributed by atoms with van der Waals surface area (Å²) < 4.78 is 1.76. The van der Waals surface area contributed by atoms with E-state index in [4.69, 9.17) is 11.6 Å². The van der Waals surface area contributed by atoms with Crippen LogP contribution in [0.1, 0.15) is 12.6 Å². The second-order valence-corrected chi connectivity index (χ2v) is 6.51. The third-order valence-electron chi connectivity index (χ3n) is 4.22. The highest BCUT2D eigenvalue weighted by molar-refractivity contribution is 6.31. The highest BCUT2D eigenvalue weighted by Crippen LogP contribution is 2.29. The molecule has 0 aliphatic heterocycles. The fourth-order valence-electron chi connectivity index (χ4n) is 2.89. The van der Waals surface area contributed by atoms with E-state index in [2.05, 4.69) is 25.6 Å². The first-order chi connectivity index (χ1) is 13.1. The number of hydrogen-bond donors (Lipinski definition) is 1. The van der Waals surface area contributed by atoms with E-state index in [0.717, 1.165) is 33.6 Å². The van der Waals surface area contributed by atoms with Crippen LogP contribution >= 0.6 is 11.6 Å². The molecule has 0 fully saturated rings. The third-order valence-corrected chi connectivity index (χ3v) is 4.46. The molecule has 2 aromatic heterocycles.